The molecule has 0 spiro atoms. The van der Waals surface area contributed by atoms with Crippen LogP contribution in [0.5, 0.6) is 0 Å². The molecule has 0 aliphatic rings. The Morgan fingerprint density at radius 2 is 1.84 bits per heavy atom. The van der Waals surface area contributed by atoms with Gasteiger partial charge in [0.05, 0.1) is 22.3 Å². The predicted molar refractivity (Wildman–Crippen MR) is 123 cm³/mol. The Morgan fingerprint density at radius 3 is 2.58 bits per heavy atom. The first-order valence-electron chi connectivity index (χ1n) is 9.81. The molecule has 0 aliphatic heterocycles. The SMILES string of the molecule is CC(C)CCn1c(SCC(=O)Nc2ccccc2SC(F)F)nc2ccccc2c1=O. The van der Waals surface area contributed by atoms with Crippen molar-refractivity contribution in [3.05, 3.63) is 58.9 Å². The monoisotopic (exact) mass is 463 g/mol. The molecular formula is C22H23F2N3O2S2. The highest BCUT2D eigenvalue weighted by molar-refractivity contribution is 8.00. The summed E-state index contributed by atoms with van der Waals surface area (Å²) < 4.78 is 27.1. The molecule has 1 amide bonds. The van der Waals surface area contributed by atoms with Crippen molar-refractivity contribution < 1.29 is 13.6 Å². The van der Waals surface area contributed by atoms with E-state index in [2.05, 4.69) is 24.1 Å². The van der Waals surface area contributed by atoms with Gasteiger partial charge in [0.1, 0.15) is 0 Å². The van der Waals surface area contributed by atoms with Crippen molar-refractivity contribution >= 4 is 46.0 Å². The maximum absolute atomic E-state index is 13.0. The smallest absolute Gasteiger partial charge is 0.288 e. The number of fused-ring (bicyclic) bond motifs is 1. The predicted octanol–water partition coefficient (Wildman–Crippen LogP) is 5.49. The first-order valence-corrected chi connectivity index (χ1v) is 11.7. The zero-order valence-corrected chi connectivity index (χ0v) is 18.8. The van der Waals surface area contributed by atoms with Crippen molar-refractivity contribution in [3.8, 4) is 0 Å². The van der Waals surface area contributed by atoms with E-state index in [-0.39, 0.29) is 17.2 Å². The number of nitrogens with one attached hydrogen (secondary N) is 1. The van der Waals surface area contributed by atoms with E-state index in [0.717, 1.165) is 18.2 Å². The van der Waals surface area contributed by atoms with E-state index in [1.807, 2.05) is 6.07 Å². The Morgan fingerprint density at radius 1 is 1.13 bits per heavy atom. The van der Waals surface area contributed by atoms with E-state index < -0.39 is 5.76 Å². The van der Waals surface area contributed by atoms with Crippen molar-refractivity contribution in [2.45, 2.75) is 42.6 Å². The second-order valence-electron chi connectivity index (χ2n) is 7.26. The molecule has 1 N–H and O–H groups in total. The third kappa shape index (κ3) is 6.30. The van der Waals surface area contributed by atoms with E-state index in [1.165, 1.54) is 6.07 Å². The van der Waals surface area contributed by atoms with Crippen molar-refractivity contribution in [3.63, 3.8) is 0 Å². The minimum atomic E-state index is -2.58. The molecule has 0 unspecified atom stereocenters. The van der Waals surface area contributed by atoms with Gasteiger partial charge in [-0.1, -0.05) is 61.6 Å². The molecule has 3 rings (SSSR count). The summed E-state index contributed by atoms with van der Waals surface area (Å²) in [4.78, 5) is 30.4. The molecule has 9 heteroatoms. The molecule has 1 aromatic heterocycles. The van der Waals surface area contributed by atoms with E-state index >= 15 is 0 Å². The number of carbonyl (C=O) groups excluding carboxylic acids is 1. The van der Waals surface area contributed by atoms with Crippen molar-refractivity contribution in [2.75, 3.05) is 11.1 Å². The minimum Gasteiger partial charge on any atom is -0.324 e. The number of amides is 1. The van der Waals surface area contributed by atoms with Gasteiger partial charge >= 0.3 is 0 Å². The summed E-state index contributed by atoms with van der Waals surface area (Å²) in [5, 5.41) is 3.69. The molecule has 0 atom stereocenters. The first kappa shape index (κ1) is 23.3. The number of carbonyl (C=O) groups is 1. The molecule has 1 heterocycles. The number of nitrogens with zero attached hydrogens (tertiary/aromatic N) is 2. The van der Waals surface area contributed by atoms with E-state index in [9.17, 15) is 18.4 Å². The van der Waals surface area contributed by atoms with Gasteiger partial charge in [-0.3, -0.25) is 14.2 Å². The number of aromatic nitrogens is 2. The lowest BCUT2D eigenvalue weighted by molar-refractivity contribution is -0.113. The number of alkyl halides is 2. The number of benzene rings is 2. The molecule has 0 bridgehead atoms. The van der Waals surface area contributed by atoms with Crippen LogP contribution in [0.2, 0.25) is 0 Å². The number of rotatable bonds is 9. The third-order valence-electron chi connectivity index (χ3n) is 4.47. The van der Waals surface area contributed by atoms with Crippen LogP contribution >= 0.6 is 23.5 Å². The highest BCUT2D eigenvalue weighted by Crippen LogP contribution is 2.31. The second kappa shape index (κ2) is 10.8. The van der Waals surface area contributed by atoms with Crippen LogP contribution in [0.15, 0.2) is 63.4 Å². The molecule has 164 valence electrons. The Labute approximate surface area is 187 Å². The largest absolute Gasteiger partial charge is 0.324 e. The standard InChI is InChI=1S/C22H23F2N3O2S2/c1-14(2)11-12-27-20(29)15-7-3-4-8-16(15)26-22(27)30-13-19(28)25-17-9-5-6-10-18(17)31-21(23)24/h3-10,14,21H,11-13H2,1-2H3,(H,25,28). The molecule has 0 fully saturated rings. The summed E-state index contributed by atoms with van der Waals surface area (Å²) in [6, 6.07) is 13.6. The van der Waals surface area contributed by atoms with Gasteiger partial charge in [0.2, 0.25) is 5.91 Å². The summed E-state index contributed by atoms with van der Waals surface area (Å²) in [6.45, 7) is 4.66. The Hall–Kier alpha value is -2.39. The van der Waals surface area contributed by atoms with Crippen molar-refractivity contribution in [2.24, 2.45) is 5.92 Å². The number of halogens is 2. The van der Waals surface area contributed by atoms with Gasteiger partial charge < -0.3 is 5.32 Å². The minimum absolute atomic E-state index is 0.000137. The molecule has 31 heavy (non-hydrogen) atoms. The molecule has 5 nitrogen and oxygen atoms in total. The van der Waals surface area contributed by atoms with Crippen LogP contribution in [0, 0.1) is 5.92 Å². The maximum atomic E-state index is 13.0. The Balaban J connectivity index is 1.79. The number of hydrogen-bond donors (Lipinski definition) is 1. The van der Waals surface area contributed by atoms with E-state index in [4.69, 9.17) is 0 Å². The lowest BCUT2D eigenvalue weighted by Gasteiger charge is -2.14. The summed E-state index contributed by atoms with van der Waals surface area (Å²) in [7, 11) is 0. The summed E-state index contributed by atoms with van der Waals surface area (Å²) >= 11 is 1.54. The topological polar surface area (TPSA) is 64.0 Å². The molecular weight excluding hydrogens is 440 g/mol. The van der Waals surface area contributed by atoms with E-state index in [1.54, 1.807) is 41.0 Å². The third-order valence-corrected chi connectivity index (χ3v) is 6.23. The number of para-hydroxylation sites is 2. The average Bonchev–Trinajstić information content (AvgIpc) is 2.72. The van der Waals surface area contributed by atoms with Crippen LogP contribution in [0.4, 0.5) is 14.5 Å². The highest BCUT2D eigenvalue weighted by Gasteiger charge is 2.15. The molecule has 0 radical (unpaired) electrons. The fourth-order valence-electron chi connectivity index (χ4n) is 2.93. The fraction of sp³-hybridized carbons (Fsp3) is 0.318. The van der Waals surface area contributed by atoms with Gasteiger partial charge in [0.25, 0.3) is 11.3 Å². The van der Waals surface area contributed by atoms with Crippen LogP contribution in [-0.4, -0.2) is 27.0 Å². The average molecular weight is 464 g/mol. The second-order valence-corrected chi connectivity index (χ2v) is 9.24. The van der Waals surface area contributed by atoms with Gasteiger partial charge in [0.15, 0.2) is 5.16 Å². The van der Waals surface area contributed by atoms with Gasteiger partial charge in [0, 0.05) is 11.4 Å². The van der Waals surface area contributed by atoms with Crippen LogP contribution in [0.3, 0.4) is 0 Å². The molecule has 0 aliphatic carbocycles. The maximum Gasteiger partial charge on any atom is 0.288 e. The van der Waals surface area contributed by atoms with Gasteiger partial charge in [-0.15, -0.1) is 0 Å². The summed E-state index contributed by atoms with van der Waals surface area (Å²) in [5.41, 5.74) is 0.782. The van der Waals surface area contributed by atoms with Crippen LogP contribution in [0.1, 0.15) is 20.3 Å². The lowest BCUT2D eigenvalue weighted by Crippen LogP contribution is -2.25. The number of anilines is 1. The van der Waals surface area contributed by atoms with Gasteiger partial charge in [-0.05, 0) is 36.6 Å². The van der Waals surface area contributed by atoms with E-state index in [0.29, 0.717) is 50.9 Å². The highest BCUT2D eigenvalue weighted by atomic mass is 32.2. The lowest BCUT2D eigenvalue weighted by atomic mass is 10.1. The molecule has 0 saturated heterocycles. The Bertz CT molecular complexity index is 1120. The van der Waals surface area contributed by atoms with Crippen molar-refractivity contribution in [1.29, 1.82) is 0 Å². The zero-order chi connectivity index (χ0) is 22.4. The molecule has 2 aromatic carbocycles. The molecule has 0 saturated carbocycles. The van der Waals surface area contributed by atoms with Crippen LogP contribution < -0.4 is 10.9 Å². The van der Waals surface area contributed by atoms with Gasteiger partial charge in [-0.25, -0.2) is 4.98 Å². The first-order chi connectivity index (χ1) is 14.8. The fourth-order valence-corrected chi connectivity index (χ4v) is 4.35. The molecule has 3 aromatic rings. The Kier molecular flexibility index (Phi) is 8.09. The van der Waals surface area contributed by atoms with Crippen molar-refractivity contribution in [1.82, 2.24) is 9.55 Å². The number of hydrogen-bond acceptors (Lipinski definition) is 5. The summed E-state index contributed by atoms with van der Waals surface area (Å²) in [5.74, 6) is -2.53. The van der Waals surface area contributed by atoms with Crippen LogP contribution in [-0.2, 0) is 11.3 Å². The van der Waals surface area contributed by atoms with Crippen LogP contribution in [0.25, 0.3) is 10.9 Å². The summed E-state index contributed by atoms with van der Waals surface area (Å²) in [6.07, 6.45) is 0.803. The quantitative estimate of drug-likeness (QED) is 0.336. The van der Waals surface area contributed by atoms with Gasteiger partial charge in [-0.2, -0.15) is 8.78 Å². The zero-order valence-electron chi connectivity index (χ0n) is 17.2. The number of thioether (sulfide) groups is 2. The normalized spacial score (nSPS) is 11.4.